The molecule has 1 saturated heterocycles. The summed E-state index contributed by atoms with van der Waals surface area (Å²) in [6.45, 7) is 1.88. The minimum Gasteiger partial charge on any atom is -0.356 e. The molecule has 7 heteroatoms. The molecule has 0 amide bonds. The molecule has 23 heavy (non-hydrogen) atoms. The standard InChI is InChI=1S/C16H18F3N3S/c17-16(18,19)9-11-8-12-13(20-10-21-14(12)23-11)22-6-4-15(5-7-22)2-1-3-15/h8,10H,1-7,9H2. The lowest BCUT2D eigenvalue weighted by molar-refractivity contribution is -0.126. The SMILES string of the molecule is FC(F)(F)Cc1cc2c(N3CCC4(CCC4)CC3)ncnc2s1. The summed E-state index contributed by atoms with van der Waals surface area (Å²) >= 11 is 1.12. The topological polar surface area (TPSA) is 29.0 Å². The van der Waals surface area contributed by atoms with Gasteiger partial charge in [-0.15, -0.1) is 11.3 Å². The summed E-state index contributed by atoms with van der Waals surface area (Å²) in [6.07, 6.45) is 2.72. The predicted octanol–water partition coefficient (Wildman–Crippen LogP) is 4.57. The van der Waals surface area contributed by atoms with E-state index in [4.69, 9.17) is 0 Å². The fourth-order valence-electron chi connectivity index (χ4n) is 3.80. The third-order valence-corrected chi connectivity index (χ3v) is 6.31. The lowest BCUT2D eigenvalue weighted by Crippen LogP contribution is -2.43. The molecule has 2 aliphatic rings. The van der Waals surface area contributed by atoms with Gasteiger partial charge >= 0.3 is 6.18 Å². The number of thiophene rings is 1. The van der Waals surface area contributed by atoms with Gasteiger partial charge in [0.05, 0.1) is 11.8 Å². The zero-order chi connectivity index (χ0) is 16.1. The van der Waals surface area contributed by atoms with Crippen LogP contribution < -0.4 is 4.90 Å². The average Bonchev–Trinajstić information content (AvgIpc) is 2.85. The van der Waals surface area contributed by atoms with E-state index in [-0.39, 0.29) is 0 Å². The number of rotatable bonds is 2. The molecule has 1 aliphatic carbocycles. The number of piperidine rings is 1. The third-order valence-electron chi connectivity index (χ3n) is 5.27. The maximum absolute atomic E-state index is 12.6. The Morgan fingerprint density at radius 1 is 1.13 bits per heavy atom. The van der Waals surface area contributed by atoms with Crippen molar-refractivity contribution in [2.24, 2.45) is 5.41 Å². The molecule has 0 unspecified atom stereocenters. The Bertz CT molecular complexity index is 711. The summed E-state index contributed by atoms with van der Waals surface area (Å²) in [5.41, 5.74) is 0.540. The van der Waals surface area contributed by atoms with E-state index in [1.165, 1.54) is 25.6 Å². The van der Waals surface area contributed by atoms with Crippen molar-refractivity contribution in [3.05, 3.63) is 17.3 Å². The number of anilines is 1. The fourth-order valence-corrected chi connectivity index (χ4v) is 4.82. The molecule has 0 bridgehead atoms. The number of halogens is 3. The molecule has 4 rings (SSSR count). The molecule has 2 aromatic heterocycles. The number of nitrogens with zero attached hydrogens (tertiary/aromatic N) is 3. The van der Waals surface area contributed by atoms with E-state index in [2.05, 4.69) is 14.9 Å². The molecule has 0 radical (unpaired) electrons. The van der Waals surface area contributed by atoms with Crippen molar-refractivity contribution in [3.63, 3.8) is 0 Å². The van der Waals surface area contributed by atoms with Gasteiger partial charge in [-0.1, -0.05) is 6.42 Å². The first kappa shape index (κ1) is 15.2. The lowest BCUT2D eigenvalue weighted by Gasteiger charge is -2.48. The quantitative estimate of drug-likeness (QED) is 0.801. The van der Waals surface area contributed by atoms with Crippen LogP contribution in [0, 0.1) is 5.41 Å². The van der Waals surface area contributed by atoms with Gasteiger partial charge in [0, 0.05) is 18.0 Å². The van der Waals surface area contributed by atoms with Gasteiger partial charge in [-0.2, -0.15) is 13.2 Å². The molecule has 1 spiro atoms. The molecule has 0 N–H and O–H groups in total. The molecule has 3 nitrogen and oxygen atoms in total. The van der Waals surface area contributed by atoms with E-state index in [0.29, 0.717) is 15.1 Å². The zero-order valence-electron chi connectivity index (χ0n) is 12.7. The van der Waals surface area contributed by atoms with Crippen molar-refractivity contribution in [2.45, 2.75) is 44.7 Å². The van der Waals surface area contributed by atoms with Crippen molar-refractivity contribution in [3.8, 4) is 0 Å². The first-order valence-corrected chi connectivity index (χ1v) is 8.81. The summed E-state index contributed by atoms with van der Waals surface area (Å²) in [4.78, 5) is 11.7. The number of hydrogen-bond donors (Lipinski definition) is 0. The van der Waals surface area contributed by atoms with Gasteiger partial charge in [0.25, 0.3) is 0 Å². The number of aromatic nitrogens is 2. The number of hydrogen-bond acceptors (Lipinski definition) is 4. The summed E-state index contributed by atoms with van der Waals surface area (Å²) < 4.78 is 37.8. The smallest absolute Gasteiger partial charge is 0.356 e. The Morgan fingerprint density at radius 2 is 1.87 bits per heavy atom. The Kier molecular flexibility index (Phi) is 3.51. The Hall–Kier alpha value is -1.37. The van der Waals surface area contributed by atoms with Crippen LogP contribution in [0.4, 0.5) is 19.0 Å². The normalized spacial score (nSPS) is 20.9. The average molecular weight is 341 g/mol. The molecule has 1 aliphatic heterocycles. The minimum atomic E-state index is -4.18. The van der Waals surface area contributed by atoms with Crippen LogP contribution in [0.15, 0.2) is 12.4 Å². The van der Waals surface area contributed by atoms with Crippen LogP contribution in [0.3, 0.4) is 0 Å². The van der Waals surface area contributed by atoms with Crippen LogP contribution in [0.1, 0.15) is 37.0 Å². The first-order chi connectivity index (χ1) is 10.9. The third kappa shape index (κ3) is 2.91. The van der Waals surface area contributed by atoms with Crippen molar-refractivity contribution in [1.82, 2.24) is 9.97 Å². The zero-order valence-corrected chi connectivity index (χ0v) is 13.5. The summed E-state index contributed by atoms with van der Waals surface area (Å²) in [6, 6.07) is 1.62. The second-order valence-corrected chi connectivity index (χ2v) is 7.88. The van der Waals surface area contributed by atoms with Crippen LogP contribution in [-0.2, 0) is 6.42 Å². The second-order valence-electron chi connectivity index (χ2n) is 6.76. The van der Waals surface area contributed by atoms with Crippen LogP contribution in [0.2, 0.25) is 0 Å². The van der Waals surface area contributed by atoms with Crippen LogP contribution in [0.25, 0.3) is 10.2 Å². The largest absolute Gasteiger partial charge is 0.393 e. The van der Waals surface area contributed by atoms with Crippen molar-refractivity contribution in [1.29, 1.82) is 0 Å². The highest BCUT2D eigenvalue weighted by atomic mass is 32.1. The van der Waals surface area contributed by atoms with Gasteiger partial charge in [0.1, 0.15) is 17.0 Å². The maximum Gasteiger partial charge on any atom is 0.393 e. The van der Waals surface area contributed by atoms with Crippen molar-refractivity contribution in [2.75, 3.05) is 18.0 Å². The van der Waals surface area contributed by atoms with Crippen LogP contribution in [-0.4, -0.2) is 29.2 Å². The van der Waals surface area contributed by atoms with Gasteiger partial charge in [-0.05, 0) is 37.2 Å². The van der Waals surface area contributed by atoms with Gasteiger partial charge in [0.2, 0.25) is 0 Å². The minimum absolute atomic E-state index is 0.307. The molecule has 1 saturated carbocycles. The highest BCUT2D eigenvalue weighted by molar-refractivity contribution is 7.18. The molecule has 0 atom stereocenters. The summed E-state index contributed by atoms with van der Waals surface area (Å²) in [5, 5.41) is 0.765. The number of alkyl halides is 3. The van der Waals surface area contributed by atoms with Gasteiger partial charge in [-0.3, -0.25) is 0 Å². The molecule has 2 fully saturated rings. The number of fused-ring (bicyclic) bond motifs is 1. The highest BCUT2D eigenvalue weighted by Gasteiger charge is 2.40. The van der Waals surface area contributed by atoms with E-state index in [1.54, 1.807) is 6.07 Å². The van der Waals surface area contributed by atoms with Crippen LogP contribution >= 0.6 is 11.3 Å². The lowest BCUT2D eigenvalue weighted by atomic mass is 9.63. The van der Waals surface area contributed by atoms with Crippen molar-refractivity contribution >= 4 is 27.4 Å². The van der Waals surface area contributed by atoms with Crippen LogP contribution in [0.5, 0.6) is 0 Å². The Labute approximate surface area is 136 Å². The van der Waals surface area contributed by atoms with E-state index < -0.39 is 12.6 Å². The van der Waals surface area contributed by atoms with E-state index in [0.717, 1.165) is 48.5 Å². The first-order valence-electron chi connectivity index (χ1n) is 7.99. The molecule has 3 heterocycles. The molecular formula is C16H18F3N3S. The van der Waals surface area contributed by atoms with E-state index >= 15 is 0 Å². The summed E-state index contributed by atoms with van der Waals surface area (Å²) in [7, 11) is 0. The molecule has 0 aromatic carbocycles. The van der Waals surface area contributed by atoms with Gasteiger partial charge in [0.15, 0.2) is 0 Å². The molecular weight excluding hydrogens is 323 g/mol. The Balaban J connectivity index is 1.60. The fraction of sp³-hybridized carbons (Fsp3) is 0.625. The summed E-state index contributed by atoms with van der Waals surface area (Å²) in [5.74, 6) is 0.800. The maximum atomic E-state index is 12.6. The van der Waals surface area contributed by atoms with E-state index in [9.17, 15) is 13.2 Å². The highest BCUT2D eigenvalue weighted by Crippen LogP contribution is 2.49. The Morgan fingerprint density at radius 3 is 2.48 bits per heavy atom. The van der Waals surface area contributed by atoms with Gasteiger partial charge < -0.3 is 4.90 Å². The molecule has 2 aromatic rings. The second kappa shape index (κ2) is 5.33. The monoisotopic (exact) mass is 341 g/mol. The van der Waals surface area contributed by atoms with Gasteiger partial charge in [-0.25, -0.2) is 9.97 Å². The van der Waals surface area contributed by atoms with Crippen molar-refractivity contribution < 1.29 is 13.2 Å². The predicted molar refractivity (Wildman–Crippen MR) is 84.9 cm³/mol. The molecule has 124 valence electrons. The van der Waals surface area contributed by atoms with E-state index in [1.807, 2.05) is 0 Å².